The van der Waals surface area contributed by atoms with Crippen LogP contribution in [0.15, 0.2) is 108 Å². The summed E-state index contributed by atoms with van der Waals surface area (Å²) < 4.78 is 34.6. The first-order valence-electron chi connectivity index (χ1n) is 14.5. The lowest BCUT2D eigenvalue weighted by Gasteiger charge is -2.31. The van der Waals surface area contributed by atoms with E-state index < -0.39 is 28.1 Å². The van der Waals surface area contributed by atoms with Crippen LogP contribution in [0.2, 0.25) is 5.15 Å². The molecule has 1 aromatic heterocycles. The Morgan fingerprint density at radius 3 is 2.26 bits per heavy atom. The molecule has 5 rings (SSSR count). The number of amides is 3. The van der Waals surface area contributed by atoms with Crippen molar-refractivity contribution >= 4 is 39.5 Å². The Labute approximate surface area is 272 Å². The second-order valence-electron chi connectivity index (χ2n) is 10.5. The highest BCUT2D eigenvalue weighted by Crippen LogP contribution is 2.24. The summed E-state index contributed by atoms with van der Waals surface area (Å²) in [6.07, 6.45) is 0.437. The van der Waals surface area contributed by atoms with Gasteiger partial charge < -0.3 is 20.3 Å². The first kappa shape index (κ1) is 32.6. The van der Waals surface area contributed by atoms with E-state index in [1.165, 1.54) is 17.0 Å². The fourth-order valence-electron chi connectivity index (χ4n) is 4.85. The first-order valence-corrected chi connectivity index (χ1v) is 16.3. The SMILES string of the molecule is O=C(NCc1ccccc1)c1ccc(CN([C@@H]2CN(C(=O)OCc3ccccc3)CCNC2=O)S(=O)(=O)c2ccc(Cl)nc2)cc1. The lowest BCUT2D eigenvalue weighted by Crippen LogP contribution is -2.52. The van der Waals surface area contributed by atoms with Crippen LogP contribution in [0.1, 0.15) is 27.0 Å². The normalized spacial score (nSPS) is 15.1. The van der Waals surface area contributed by atoms with Crippen molar-refractivity contribution in [2.75, 3.05) is 19.6 Å². The number of nitrogens with zero attached hydrogens (tertiary/aromatic N) is 3. The van der Waals surface area contributed by atoms with Gasteiger partial charge in [0, 0.05) is 44.5 Å². The summed E-state index contributed by atoms with van der Waals surface area (Å²) in [7, 11) is -4.34. The molecule has 0 spiro atoms. The van der Waals surface area contributed by atoms with Crippen LogP contribution in [0, 0.1) is 0 Å². The van der Waals surface area contributed by atoms with Crippen LogP contribution in [-0.2, 0) is 39.3 Å². The maximum Gasteiger partial charge on any atom is 0.410 e. The molecule has 0 bridgehead atoms. The van der Waals surface area contributed by atoms with Gasteiger partial charge in [0.15, 0.2) is 0 Å². The summed E-state index contributed by atoms with van der Waals surface area (Å²) in [5.74, 6) is -0.860. The van der Waals surface area contributed by atoms with Gasteiger partial charge in [0.25, 0.3) is 5.91 Å². The summed E-state index contributed by atoms with van der Waals surface area (Å²) in [6.45, 7) is 0.120. The van der Waals surface area contributed by atoms with Crippen molar-refractivity contribution in [3.8, 4) is 0 Å². The van der Waals surface area contributed by atoms with Gasteiger partial charge in [-0.2, -0.15) is 4.31 Å². The predicted molar refractivity (Wildman–Crippen MR) is 171 cm³/mol. The average molecular weight is 662 g/mol. The number of nitrogens with one attached hydrogen (secondary N) is 2. The molecule has 13 heteroatoms. The molecule has 1 fully saturated rings. The van der Waals surface area contributed by atoms with Crippen molar-refractivity contribution in [1.29, 1.82) is 0 Å². The fraction of sp³-hybridized carbons (Fsp3) is 0.212. The number of carbonyl (C=O) groups is 3. The van der Waals surface area contributed by atoms with Gasteiger partial charge in [0.1, 0.15) is 22.7 Å². The molecule has 11 nitrogen and oxygen atoms in total. The minimum Gasteiger partial charge on any atom is -0.445 e. The van der Waals surface area contributed by atoms with Crippen LogP contribution in [-0.4, -0.2) is 66.2 Å². The number of hydrogen-bond donors (Lipinski definition) is 2. The highest BCUT2D eigenvalue weighted by molar-refractivity contribution is 7.89. The summed E-state index contributed by atoms with van der Waals surface area (Å²) >= 11 is 5.92. The fourth-order valence-corrected chi connectivity index (χ4v) is 6.47. The molecule has 3 amide bonds. The van der Waals surface area contributed by atoms with Crippen molar-refractivity contribution < 1.29 is 27.5 Å². The van der Waals surface area contributed by atoms with Gasteiger partial charge >= 0.3 is 6.09 Å². The second kappa shape index (κ2) is 15.0. The zero-order chi connectivity index (χ0) is 32.5. The van der Waals surface area contributed by atoms with E-state index in [9.17, 15) is 22.8 Å². The topological polar surface area (TPSA) is 138 Å². The maximum atomic E-state index is 14.1. The minimum absolute atomic E-state index is 0.0198. The monoisotopic (exact) mass is 661 g/mol. The van der Waals surface area contributed by atoms with E-state index in [1.807, 2.05) is 60.7 Å². The Kier molecular flexibility index (Phi) is 10.6. The summed E-state index contributed by atoms with van der Waals surface area (Å²) in [4.78, 5) is 44.3. The van der Waals surface area contributed by atoms with Gasteiger partial charge in [-0.3, -0.25) is 9.59 Å². The quantitative estimate of drug-likeness (QED) is 0.245. The minimum atomic E-state index is -4.34. The van der Waals surface area contributed by atoms with E-state index in [4.69, 9.17) is 16.3 Å². The van der Waals surface area contributed by atoms with Crippen LogP contribution in [0.5, 0.6) is 0 Å². The van der Waals surface area contributed by atoms with E-state index in [-0.39, 0.29) is 48.7 Å². The average Bonchev–Trinajstić information content (AvgIpc) is 3.27. The molecule has 46 heavy (non-hydrogen) atoms. The molecule has 2 heterocycles. The number of pyridine rings is 1. The maximum absolute atomic E-state index is 14.1. The molecule has 3 aromatic carbocycles. The van der Waals surface area contributed by atoms with Gasteiger partial charge in [-0.05, 0) is 41.0 Å². The molecule has 1 atom stereocenters. The molecule has 1 aliphatic heterocycles. The van der Waals surface area contributed by atoms with Crippen molar-refractivity contribution in [3.05, 3.63) is 131 Å². The summed E-state index contributed by atoms with van der Waals surface area (Å²) in [5, 5.41) is 5.68. The Morgan fingerprint density at radius 2 is 1.61 bits per heavy atom. The number of benzene rings is 3. The molecule has 238 valence electrons. The molecule has 1 saturated heterocycles. The van der Waals surface area contributed by atoms with Crippen molar-refractivity contribution in [2.24, 2.45) is 0 Å². The number of sulfonamides is 1. The van der Waals surface area contributed by atoms with Gasteiger partial charge in [0.05, 0.1) is 0 Å². The first-order chi connectivity index (χ1) is 22.2. The third-order valence-corrected chi connectivity index (χ3v) is 9.41. The summed E-state index contributed by atoms with van der Waals surface area (Å²) in [6, 6.07) is 26.4. The molecule has 0 radical (unpaired) electrons. The van der Waals surface area contributed by atoms with Crippen LogP contribution in [0.4, 0.5) is 4.79 Å². The van der Waals surface area contributed by atoms with E-state index in [0.717, 1.165) is 21.6 Å². The van der Waals surface area contributed by atoms with Crippen LogP contribution in [0.25, 0.3) is 0 Å². The lowest BCUT2D eigenvalue weighted by atomic mass is 10.1. The van der Waals surface area contributed by atoms with Gasteiger partial charge in [0.2, 0.25) is 15.9 Å². The number of hydrogen-bond acceptors (Lipinski definition) is 7. The standard InChI is InChI=1S/C33H32ClN5O6S/c34-30-16-15-28(20-36-30)46(43,44)39(21-25-11-13-27(14-12-25)31(40)37-19-24-7-3-1-4-8-24)29-22-38(18-17-35-32(29)41)33(42)45-23-26-9-5-2-6-10-26/h1-16,20,29H,17-19,21-23H2,(H,35,41)(H,37,40)/t29-/m1/s1. The van der Waals surface area contributed by atoms with Crippen LogP contribution in [0.3, 0.4) is 0 Å². The van der Waals surface area contributed by atoms with Crippen molar-refractivity contribution in [2.45, 2.75) is 30.6 Å². The highest BCUT2D eigenvalue weighted by Gasteiger charge is 2.40. The molecule has 4 aromatic rings. The lowest BCUT2D eigenvalue weighted by molar-refractivity contribution is -0.124. The second-order valence-corrected chi connectivity index (χ2v) is 12.8. The van der Waals surface area contributed by atoms with Crippen LogP contribution >= 0.6 is 11.6 Å². The molecule has 2 N–H and O–H groups in total. The third-order valence-electron chi connectivity index (χ3n) is 7.35. The Hall–Kier alpha value is -4.78. The zero-order valence-corrected chi connectivity index (χ0v) is 26.3. The summed E-state index contributed by atoms with van der Waals surface area (Å²) in [5.41, 5.74) is 2.63. The molecule has 0 saturated carbocycles. The van der Waals surface area contributed by atoms with E-state index in [0.29, 0.717) is 17.7 Å². The van der Waals surface area contributed by atoms with Gasteiger partial charge in [-0.15, -0.1) is 0 Å². The molecule has 0 aliphatic carbocycles. The zero-order valence-electron chi connectivity index (χ0n) is 24.7. The Morgan fingerprint density at radius 1 is 0.935 bits per heavy atom. The van der Waals surface area contributed by atoms with Gasteiger partial charge in [-0.1, -0.05) is 84.4 Å². The Bertz CT molecular complexity index is 1760. The number of halogens is 1. The molecule has 0 unspecified atom stereocenters. The number of rotatable bonds is 10. The molecule has 1 aliphatic rings. The van der Waals surface area contributed by atoms with Crippen LogP contribution < -0.4 is 10.6 Å². The third kappa shape index (κ3) is 8.27. The van der Waals surface area contributed by atoms with Crippen molar-refractivity contribution in [1.82, 2.24) is 24.8 Å². The number of carbonyl (C=O) groups excluding carboxylic acids is 3. The molecular weight excluding hydrogens is 630 g/mol. The van der Waals surface area contributed by atoms with E-state index in [1.54, 1.807) is 24.3 Å². The number of ether oxygens (including phenoxy) is 1. The molecular formula is C33H32ClN5O6S. The van der Waals surface area contributed by atoms with Gasteiger partial charge in [-0.25, -0.2) is 18.2 Å². The smallest absolute Gasteiger partial charge is 0.410 e. The van der Waals surface area contributed by atoms with E-state index in [2.05, 4.69) is 15.6 Å². The van der Waals surface area contributed by atoms with Crippen molar-refractivity contribution in [3.63, 3.8) is 0 Å². The number of aromatic nitrogens is 1. The Balaban J connectivity index is 1.37. The highest BCUT2D eigenvalue weighted by atomic mass is 35.5. The van der Waals surface area contributed by atoms with E-state index >= 15 is 0 Å². The predicted octanol–water partition coefficient (Wildman–Crippen LogP) is 3.99. The largest absolute Gasteiger partial charge is 0.445 e.